The fraction of sp³-hybridized carbons (Fsp3) is 0.222. The number of amides is 1. The Kier molecular flexibility index (Phi) is 3.95. The maximum Gasteiger partial charge on any atom is 0.238 e. The molecule has 1 fully saturated rings. The number of Topliss-reactive ketones (excluding diaryl/α,β-unsaturated/α-hetero) is 1. The number of halogens is 2. The van der Waals surface area contributed by atoms with Crippen molar-refractivity contribution in [2.24, 2.45) is 0 Å². The first kappa shape index (κ1) is 16.0. The zero-order chi connectivity index (χ0) is 16.7. The molecule has 2 aromatic carbocycles. The standard InChI is InChI=1S/C18H15Cl2NO2/c1-12(22)13-7-9-15(10-8-13)21-16(23)17(11-18(17,19)20)14-5-3-2-4-6-14/h2-10H,11H2,1H3,(H,21,23)/t17-/m1/s1. The van der Waals surface area contributed by atoms with Crippen LogP contribution in [0.3, 0.4) is 0 Å². The molecule has 3 nitrogen and oxygen atoms in total. The first-order valence-corrected chi connectivity index (χ1v) is 7.98. The summed E-state index contributed by atoms with van der Waals surface area (Å²) in [5.41, 5.74) is 1.04. The van der Waals surface area contributed by atoms with Crippen molar-refractivity contribution in [2.45, 2.75) is 23.1 Å². The van der Waals surface area contributed by atoms with Crippen LogP contribution in [0.4, 0.5) is 5.69 Å². The summed E-state index contributed by atoms with van der Waals surface area (Å²) >= 11 is 12.6. The van der Waals surface area contributed by atoms with Crippen LogP contribution in [0.5, 0.6) is 0 Å². The second kappa shape index (κ2) is 5.66. The summed E-state index contributed by atoms with van der Waals surface area (Å²) < 4.78 is -1.11. The maximum atomic E-state index is 12.8. The summed E-state index contributed by atoms with van der Waals surface area (Å²) in [5.74, 6) is -0.268. The molecule has 0 aliphatic heterocycles. The minimum Gasteiger partial charge on any atom is -0.325 e. The van der Waals surface area contributed by atoms with Crippen molar-refractivity contribution in [2.75, 3.05) is 5.32 Å². The molecule has 1 aliphatic rings. The highest BCUT2D eigenvalue weighted by atomic mass is 35.5. The van der Waals surface area contributed by atoms with Gasteiger partial charge in [-0.1, -0.05) is 30.3 Å². The van der Waals surface area contributed by atoms with Gasteiger partial charge in [-0.25, -0.2) is 0 Å². The van der Waals surface area contributed by atoms with Gasteiger partial charge in [0.15, 0.2) is 5.78 Å². The van der Waals surface area contributed by atoms with Gasteiger partial charge < -0.3 is 5.32 Å². The Bertz CT molecular complexity index is 756. The molecule has 1 saturated carbocycles. The summed E-state index contributed by atoms with van der Waals surface area (Å²) in [6.45, 7) is 1.50. The highest BCUT2D eigenvalue weighted by Gasteiger charge is 2.72. The van der Waals surface area contributed by atoms with Gasteiger partial charge in [-0.3, -0.25) is 9.59 Å². The van der Waals surface area contributed by atoms with Gasteiger partial charge in [0.2, 0.25) is 5.91 Å². The smallest absolute Gasteiger partial charge is 0.238 e. The SMILES string of the molecule is CC(=O)c1ccc(NC(=O)[C@]2(c3ccccc3)CC2(Cl)Cl)cc1. The predicted octanol–water partition coefficient (Wildman–Crippen LogP) is 4.34. The van der Waals surface area contributed by atoms with E-state index in [-0.39, 0.29) is 11.7 Å². The zero-order valence-corrected chi connectivity index (χ0v) is 14.0. The third-order valence-corrected chi connectivity index (χ3v) is 5.10. The lowest BCUT2D eigenvalue weighted by Gasteiger charge is -2.18. The van der Waals surface area contributed by atoms with Gasteiger partial charge >= 0.3 is 0 Å². The van der Waals surface area contributed by atoms with E-state index >= 15 is 0 Å². The molecular weight excluding hydrogens is 333 g/mol. The molecule has 23 heavy (non-hydrogen) atoms. The highest BCUT2D eigenvalue weighted by molar-refractivity contribution is 6.54. The molecule has 1 aliphatic carbocycles. The zero-order valence-electron chi connectivity index (χ0n) is 12.5. The second-order valence-corrected chi connectivity index (χ2v) is 7.22. The number of carbonyl (C=O) groups is 2. The van der Waals surface area contributed by atoms with E-state index in [0.29, 0.717) is 17.7 Å². The summed E-state index contributed by atoms with van der Waals surface area (Å²) in [6, 6.07) is 16.0. The average Bonchev–Trinajstić information content (AvgIpc) is 3.13. The van der Waals surface area contributed by atoms with Gasteiger partial charge in [0.1, 0.15) is 9.75 Å². The molecular formula is C18H15Cl2NO2. The molecule has 5 heteroatoms. The topological polar surface area (TPSA) is 46.2 Å². The number of carbonyl (C=O) groups excluding carboxylic acids is 2. The number of hydrogen-bond donors (Lipinski definition) is 1. The molecule has 3 rings (SSSR count). The summed E-state index contributed by atoms with van der Waals surface area (Å²) in [5, 5.41) is 2.85. The van der Waals surface area contributed by atoms with Crippen LogP contribution >= 0.6 is 23.2 Å². The number of anilines is 1. The Hall–Kier alpha value is -1.84. The van der Waals surface area contributed by atoms with E-state index in [0.717, 1.165) is 5.56 Å². The predicted molar refractivity (Wildman–Crippen MR) is 92.3 cm³/mol. The van der Waals surface area contributed by atoms with Gasteiger partial charge in [0, 0.05) is 17.7 Å². The van der Waals surface area contributed by atoms with Crippen molar-refractivity contribution in [3.8, 4) is 0 Å². The summed E-state index contributed by atoms with van der Waals surface area (Å²) in [6.07, 6.45) is 0.366. The van der Waals surface area contributed by atoms with Crippen LogP contribution in [0.15, 0.2) is 54.6 Å². The van der Waals surface area contributed by atoms with Gasteiger partial charge in [0.25, 0.3) is 0 Å². The summed E-state index contributed by atoms with van der Waals surface area (Å²) in [4.78, 5) is 24.1. The molecule has 118 valence electrons. The maximum absolute atomic E-state index is 12.8. The van der Waals surface area contributed by atoms with Crippen LogP contribution in [0.2, 0.25) is 0 Å². The molecule has 0 aromatic heterocycles. The molecule has 0 bridgehead atoms. The van der Waals surface area contributed by atoms with E-state index < -0.39 is 9.75 Å². The molecule has 1 amide bonds. The van der Waals surface area contributed by atoms with E-state index in [1.165, 1.54) is 6.92 Å². The van der Waals surface area contributed by atoms with Crippen LogP contribution in [0, 0.1) is 0 Å². The van der Waals surface area contributed by atoms with Crippen molar-refractivity contribution in [3.05, 3.63) is 65.7 Å². The van der Waals surface area contributed by atoms with E-state index in [9.17, 15) is 9.59 Å². The molecule has 1 N–H and O–H groups in total. The largest absolute Gasteiger partial charge is 0.325 e. The molecule has 0 heterocycles. The minimum absolute atomic E-state index is 0.0219. The normalized spacial score (nSPS) is 21.5. The number of benzene rings is 2. The molecule has 1 atom stereocenters. The monoisotopic (exact) mass is 347 g/mol. The Morgan fingerprint density at radius 2 is 1.57 bits per heavy atom. The molecule has 0 spiro atoms. The van der Waals surface area contributed by atoms with E-state index in [2.05, 4.69) is 5.32 Å². The van der Waals surface area contributed by atoms with Crippen LogP contribution < -0.4 is 5.32 Å². The molecule has 2 aromatic rings. The Balaban J connectivity index is 1.85. The number of ketones is 1. The lowest BCUT2D eigenvalue weighted by atomic mass is 9.94. The van der Waals surface area contributed by atoms with Gasteiger partial charge in [-0.05, 0) is 36.8 Å². The lowest BCUT2D eigenvalue weighted by molar-refractivity contribution is -0.118. The quantitative estimate of drug-likeness (QED) is 0.660. The van der Waals surface area contributed by atoms with Gasteiger partial charge in [-0.15, -0.1) is 23.2 Å². The number of hydrogen-bond acceptors (Lipinski definition) is 2. The number of rotatable bonds is 4. The Morgan fingerprint density at radius 3 is 2.04 bits per heavy atom. The van der Waals surface area contributed by atoms with E-state index in [1.54, 1.807) is 24.3 Å². The van der Waals surface area contributed by atoms with Crippen molar-refractivity contribution in [1.82, 2.24) is 0 Å². The van der Waals surface area contributed by atoms with Crippen LogP contribution in [-0.4, -0.2) is 16.0 Å². The molecule has 0 radical (unpaired) electrons. The van der Waals surface area contributed by atoms with Gasteiger partial charge in [-0.2, -0.15) is 0 Å². The fourth-order valence-corrected chi connectivity index (χ4v) is 3.52. The Morgan fingerprint density at radius 1 is 1.00 bits per heavy atom. The van der Waals surface area contributed by atoms with E-state index in [1.807, 2.05) is 30.3 Å². The van der Waals surface area contributed by atoms with E-state index in [4.69, 9.17) is 23.2 Å². The third kappa shape index (κ3) is 2.75. The minimum atomic E-state index is -1.11. The Labute approximate surface area is 144 Å². The fourth-order valence-electron chi connectivity index (χ4n) is 2.73. The number of alkyl halides is 2. The van der Waals surface area contributed by atoms with Crippen molar-refractivity contribution >= 4 is 40.6 Å². The van der Waals surface area contributed by atoms with Crippen molar-refractivity contribution < 1.29 is 9.59 Å². The first-order chi connectivity index (χ1) is 10.9. The second-order valence-electron chi connectivity index (χ2n) is 5.74. The van der Waals surface area contributed by atoms with Crippen LogP contribution in [0.1, 0.15) is 29.3 Å². The van der Waals surface area contributed by atoms with Crippen LogP contribution in [-0.2, 0) is 10.2 Å². The molecule has 0 saturated heterocycles. The highest BCUT2D eigenvalue weighted by Crippen LogP contribution is 2.65. The average molecular weight is 348 g/mol. The first-order valence-electron chi connectivity index (χ1n) is 7.23. The van der Waals surface area contributed by atoms with Gasteiger partial charge in [0.05, 0.1) is 0 Å². The number of nitrogens with one attached hydrogen (secondary N) is 1. The van der Waals surface area contributed by atoms with Crippen molar-refractivity contribution in [3.63, 3.8) is 0 Å². The third-order valence-electron chi connectivity index (χ3n) is 4.19. The summed E-state index contributed by atoms with van der Waals surface area (Å²) in [7, 11) is 0. The van der Waals surface area contributed by atoms with Crippen molar-refractivity contribution in [1.29, 1.82) is 0 Å². The molecule has 0 unspecified atom stereocenters. The van der Waals surface area contributed by atoms with Crippen LogP contribution in [0.25, 0.3) is 0 Å². The lowest BCUT2D eigenvalue weighted by Crippen LogP contribution is -2.32.